The fraction of sp³-hybridized carbons (Fsp3) is 0.333. The number of alkyl halides is 3. The Morgan fingerprint density at radius 2 is 1.73 bits per heavy atom. The van der Waals surface area contributed by atoms with Crippen molar-refractivity contribution in [1.29, 1.82) is 0 Å². The van der Waals surface area contributed by atoms with E-state index in [1.165, 1.54) is 12.1 Å². The summed E-state index contributed by atoms with van der Waals surface area (Å²) in [4.78, 5) is 2.15. The van der Waals surface area contributed by atoms with Crippen molar-refractivity contribution >= 4 is 11.6 Å². The van der Waals surface area contributed by atoms with E-state index >= 15 is 0 Å². The fourth-order valence-corrected chi connectivity index (χ4v) is 3.31. The van der Waals surface area contributed by atoms with Crippen LogP contribution in [0, 0.1) is 0 Å². The second kappa shape index (κ2) is 7.73. The van der Waals surface area contributed by atoms with E-state index in [1.807, 2.05) is 0 Å². The van der Waals surface area contributed by atoms with E-state index in [1.54, 1.807) is 30.3 Å². The first-order valence-electron chi connectivity index (χ1n) is 8.13. The Bertz CT molecular complexity index is 747. The molecule has 1 fully saturated rings. The standard InChI is InChI=1S/C18H18ClF3N2O2/c19-15-3-1-2-14(17(15)25)16(24-10-8-23-9-11-24)12-4-6-13(7-5-12)26-18(20,21)22/h1-7,16,23,25H,8-11H2/t16-/m1/s1. The Kier molecular flexibility index (Phi) is 5.60. The predicted molar refractivity (Wildman–Crippen MR) is 92.5 cm³/mol. The summed E-state index contributed by atoms with van der Waals surface area (Å²) in [5.74, 6) is -0.302. The highest BCUT2D eigenvalue weighted by molar-refractivity contribution is 6.32. The molecular weight excluding hydrogens is 369 g/mol. The number of piperazine rings is 1. The number of aromatic hydroxyl groups is 1. The number of ether oxygens (including phenoxy) is 1. The smallest absolute Gasteiger partial charge is 0.506 e. The molecule has 0 radical (unpaired) electrons. The number of hydrogen-bond donors (Lipinski definition) is 2. The van der Waals surface area contributed by atoms with Gasteiger partial charge < -0.3 is 15.2 Å². The first kappa shape index (κ1) is 18.8. The Hall–Kier alpha value is -1.96. The number of rotatable bonds is 4. The lowest BCUT2D eigenvalue weighted by molar-refractivity contribution is -0.274. The molecule has 3 rings (SSSR count). The summed E-state index contributed by atoms with van der Waals surface area (Å²) in [5.41, 5.74) is 1.36. The molecule has 0 unspecified atom stereocenters. The van der Waals surface area contributed by atoms with Crippen LogP contribution in [-0.4, -0.2) is 42.5 Å². The number of halogens is 4. The molecular formula is C18H18ClF3N2O2. The number of benzene rings is 2. The zero-order valence-electron chi connectivity index (χ0n) is 13.8. The summed E-state index contributed by atoms with van der Waals surface area (Å²) in [6, 6.07) is 10.5. The summed E-state index contributed by atoms with van der Waals surface area (Å²) in [6.45, 7) is 3.04. The molecule has 26 heavy (non-hydrogen) atoms. The number of phenolic OH excluding ortho intramolecular Hbond substituents is 1. The van der Waals surface area contributed by atoms with Crippen LogP contribution in [0.25, 0.3) is 0 Å². The van der Waals surface area contributed by atoms with Gasteiger partial charge in [-0.1, -0.05) is 35.9 Å². The average Bonchev–Trinajstić information content (AvgIpc) is 2.60. The molecule has 2 aromatic rings. The third-order valence-electron chi connectivity index (χ3n) is 4.26. The Morgan fingerprint density at radius 1 is 1.08 bits per heavy atom. The molecule has 4 nitrogen and oxygen atoms in total. The number of phenols is 1. The molecule has 2 N–H and O–H groups in total. The lowest BCUT2D eigenvalue weighted by Crippen LogP contribution is -2.45. The van der Waals surface area contributed by atoms with Gasteiger partial charge in [-0.3, -0.25) is 4.90 Å². The van der Waals surface area contributed by atoms with Crippen molar-refractivity contribution in [3.63, 3.8) is 0 Å². The minimum absolute atomic E-state index is 0.0201. The van der Waals surface area contributed by atoms with Crippen LogP contribution >= 0.6 is 11.6 Å². The van der Waals surface area contributed by atoms with Crippen LogP contribution in [0.5, 0.6) is 11.5 Å². The van der Waals surface area contributed by atoms with E-state index < -0.39 is 6.36 Å². The van der Waals surface area contributed by atoms with Crippen LogP contribution < -0.4 is 10.1 Å². The minimum atomic E-state index is -4.73. The highest BCUT2D eigenvalue weighted by Gasteiger charge is 2.31. The fourth-order valence-electron chi connectivity index (χ4n) is 3.13. The molecule has 2 aromatic carbocycles. The van der Waals surface area contributed by atoms with Crippen LogP contribution in [-0.2, 0) is 0 Å². The second-order valence-electron chi connectivity index (χ2n) is 5.98. The predicted octanol–water partition coefficient (Wildman–Crippen LogP) is 3.94. The summed E-state index contributed by atoms with van der Waals surface area (Å²) >= 11 is 6.06. The molecule has 1 atom stereocenters. The lowest BCUT2D eigenvalue weighted by Gasteiger charge is -2.36. The quantitative estimate of drug-likeness (QED) is 0.835. The van der Waals surface area contributed by atoms with Gasteiger partial charge in [-0.2, -0.15) is 0 Å². The van der Waals surface area contributed by atoms with Crippen LogP contribution in [0.4, 0.5) is 13.2 Å². The van der Waals surface area contributed by atoms with Crippen LogP contribution in [0.3, 0.4) is 0 Å². The van der Waals surface area contributed by atoms with E-state index in [4.69, 9.17) is 11.6 Å². The highest BCUT2D eigenvalue weighted by atomic mass is 35.5. The van der Waals surface area contributed by atoms with Gasteiger partial charge in [-0.25, -0.2) is 0 Å². The van der Waals surface area contributed by atoms with Crippen molar-refractivity contribution in [3.05, 3.63) is 58.6 Å². The second-order valence-corrected chi connectivity index (χ2v) is 6.39. The maximum absolute atomic E-state index is 12.4. The molecule has 0 bridgehead atoms. The summed E-state index contributed by atoms with van der Waals surface area (Å²) in [7, 11) is 0. The van der Waals surface area contributed by atoms with Gasteiger partial charge in [0.2, 0.25) is 0 Å². The van der Waals surface area contributed by atoms with Crippen molar-refractivity contribution < 1.29 is 23.0 Å². The number of hydrogen-bond acceptors (Lipinski definition) is 4. The number of nitrogens with zero attached hydrogens (tertiary/aromatic N) is 1. The van der Waals surface area contributed by atoms with Gasteiger partial charge in [0.15, 0.2) is 0 Å². The van der Waals surface area contributed by atoms with Gasteiger partial charge in [0.25, 0.3) is 0 Å². The molecule has 1 aliphatic rings. The van der Waals surface area contributed by atoms with Gasteiger partial charge in [-0.15, -0.1) is 13.2 Å². The van der Waals surface area contributed by atoms with E-state index in [0.717, 1.165) is 31.7 Å². The molecule has 0 aromatic heterocycles. The zero-order valence-corrected chi connectivity index (χ0v) is 14.5. The van der Waals surface area contributed by atoms with Crippen LogP contribution in [0.1, 0.15) is 17.2 Å². The number of nitrogens with one attached hydrogen (secondary N) is 1. The van der Waals surface area contributed by atoms with E-state index in [0.29, 0.717) is 5.56 Å². The van der Waals surface area contributed by atoms with Gasteiger partial charge >= 0.3 is 6.36 Å². The largest absolute Gasteiger partial charge is 0.573 e. The van der Waals surface area contributed by atoms with Crippen molar-refractivity contribution in [2.24, 2.45) is 0 Å². The molecule has 8 heteroatoms. The van der Waals surface area contributed by atoms with Crippen molar-refractivity contribution in [3.8, 4) is 11.5 Å². The maximum Gasteiger partial charge on any atom is 0.573 e. The zero-order chi connectivity index (χ0) is 18.7. The molecule has 0 saturated carbocycles. The van der Waals surface area contributed by atoms with Gasteiger partial charge in [0, 0.05) is 31.7 Å². The number of para-hydroxylation sites is 1. The van der Waals surface area contributed by atoms with Gasteiger partial charge in [-0.05, 0) is 23.8 Å². The van der Waals surface area contributed by atoms with Crippen molar-refractivity contribution in [2.75, 3.05) is 26.2 Å². The molecule has 1 aliphatic heterocycles. The average molecular weight is 387 g/mol. The SMILES string of the molecule is Oc1c(Cl)cccc1[C@@H](c1ccc(OC(F)(F)F)cc1)N1CCNCC1. The monoisotopic (exact) mass is 386 g/mol. The molecule has 140 valence electrons. The minimum Gasteiger partial charge on any atom is -0.506 e. The lowest BCUT2D eigenvalue weighted by atomic mass is 9.95. The van der Waals surface area contributed by atoms with Crippen LogP contribution in [0.2, 0.25) is 5.02 Å². The Morgan fingerprint density at radius 3 is 2.35 bits per heavy atom. The first-order valence-corrected chi connectivity index (χ1v) is 8.51. The summed E-state index contributed by atoms with van der Waals surface area (Å²) < 4.78 is 41.0. The third-order valence-corrected chi connectivity index (χ3v) is 4.56. The Balaban J connectivity index is 1.96. The van der Waals surface area contributed by atoms with E-state index in [2.05, 4.69) is 15.0 Å². The third kappa shape index (κ3) is 4.41. The first-order chi connectivity index (χ1) is 12.3. The topological polar surface area (TPSA) is 44.7 Å². The van der Waals surface area contributed by atoms with Crippen molar-refractivity contribution in [1.82, 2.24) is 10.2 Å². The molecule has 0 spiro atoms. The van der Waals surface area contributed by atoms with Crippen LogP contribution in [0.15, 0.2) is 42.5 Å². The molecule has 0 amide bonds. The molecule has 1 saturated heterocycles. The Labute approximate surface area is 154 Å². The van der Waals surface area contributed by atoms with Crippen molar-refractivity contribution in [2.45, 2.75) is 12.4 Å². The molecule has 0 aliphatic carbocycles. The summed E-state index contributed by atoms with van der Waals surface area (Å²) in [6.07, 6.45) is -4.73. The molecule has 1 heterocycles. The normalized spacial score (nSPS) is 17.1. The van der Waals surface area contributed by atoms with E-state index in [-0.39, 0.29) is 22.6 Å². The van der Waals surface area contributed by atoms with E-state index in [9.17, 15) is 18.3 Å². The van der Waals surface area contributed by atoms with Gasteiger partial charge in [0.1, 0.15) is 11.5 Å². The van der Waals surface area contributed by atoms with Gasteiger partial charge in [0.05, 0.1) is 11.1 Å². The summed E-state index contributed by atoms with van der Waals surface area (Å²) in [5, 5.41) is 13.9. The highest BCUT2D eigenvalue weighted by Crippen LogP contribution is 2.38. The maximum atomic E-state index is 12.4.